The summed E-state index contributed by atoms with van der Waals surface area (Å²) in [6.07, 6.45) is 0. The van der Waals surface area contributed by atoms with Crippen molar-refractivity contribution in [3.05, 3.63) is 109 Å². The van der Waals surface area contributed by atoms with E-state index in [4.69, 9.17) is 0 Å². The Labute approximate surface area is 206 Å². The normalized spacial score (nSPS) is 13.0. The van der Waals surface area contributed by atoms with Crippen LogP contribution >= 0.6 is 0 Å². The van der Waals surface area contributed by atoms with Gasteiger partial charge in [-0.3, -0.25) is 0 Å². The molecule has 10 aromatic rings. The molecule has 0 nitrogen and oxygen atoms in total. The molecule has 162 valence electrons. The number of benzene rings is 8. The van der Waals surface area contributed by atoms with E-state index in [1.807, 2.05) is 0 Å². The highest BCUT2D eigenvalue weighted by Crippen LogP contribution is 2.54. The average molecular weight is 451 g/mol. The molecule has 0 N–H and O–H groups in total. The standard InChI is InChI=1S/C36H18/c1-3-11-23-21(9-1)25-17-15-19-7-5-13-27-29(19)31(25)33(23)35-28-14-6-8-20-16-18-26-22-10-2-4-12-24(22)34(36(27)35)32(26)30(20)28/h1-18H. The molecular weight excluding hydrogens is 432 g/mol. The lowest BCUT2D eigenvalue weighted by atomic mass is 9.85. The van der Waals surface area contributed by atoms with E-state index in [1.54, 1.807) is 0 Å². The molecule has 0 atom stereocenters. The highest BCUT2D eigenvalue weighted by Gasteiger charge is 2.25. The largest absolute Gasteiger partial charge is 0.0616 e. The summed E-state index contributed by atoms with van der Waals surface area (Å²) in [5.41, 5.74) is 0. The zero-order chi connectivity index (χ0) is 23.1. The van der Waals surface area contributed by atoms with Crippen LogP contribution in [0.15, 0.2) is 109 Å². The lowest BCUT2D eigenvalue weighted by molar-refractivity contribution is 1.85. The van der Waals surface area contributed by atoms with Gasteiger partial charge < -0.3 is 0 Å². The summed E-state index contributed by atoms with van der Waals surface area (Å²) < 4.78 is 0. The molecule has 0 aliphatic carbocycles. The van der Waals surface area contributed by atoms with Gasteiger partial charge in [-0.25, -0.2) is 0 Å². The van der Waals surface area contributed by atoms with Gasteiger partial charge in [0.15, 0.2) is 0 Å². The minimum atomic E-state index is 1.33. The van der Waals surface area contributed by atoms with Crippen molar-refractivity contribution in [3.63, 3.8) is 0 Å². The fraction of sp³-hybridized carbons (Fsp3) is 0. The predicted octanol–water partition coefficient (Wildman–Crippen LogP) is 10.4. The monoisotopic (exact) mass is 450 g/mol. The van der Waals surface area contributed by atoms with Gasteiger partial charge in [0.1, 0.15) is 0 Å². The molecule has 0 heteroatoms. The molecule has 0 saturated heterocycles. The van der Waals surface area contributed by atoms with Crippen LogP contribution in [0.2, 0.25) is 0 Å². The highest BCUT2D eigenvalue weighted by atomic mass is 14.3. The second-order valence-corrected chi connectivity index (χ2v) is 10.4. The predicted molar refractivity (Wildman–Crippen MR) is 158 cm³/mol. The molecule has 0 saturated carbocycles. The van der Waals surface area contributed by atoms with Crippen molar-refractivity contribution in [1.82, 2.24) is 0 Å². The van der Waals surface area contributed by atoms with Gasteiger partial charge in [0.25, 0.3) is 0 Å². The Hall–Kier alpha value is -4.68. The number of hydrogen-bond acceptors (Lipinski definition) is 0. The Bertz CT molecular complexity index is 2330. The van der Waals surface area contributed by atoms with Crippen LogP contribution in [0.25, 0.3) is 97.0 Å². The van der Waals surface area contributed by atoms with Crippen molar-refractivity contribution in [2.75, 3.05) is 0 Å². The van der Waals surface area contributed by atoms with E-state index in [-0.39, 0.29) is 0 Å². The summed E-state index contributed by atoms with van der Waals surface area (Å²) in [4.78, 5) is 0. The first-order valence-corrected chi connectivity index (χ1v) is 12.7. The van der Waals surface area contributed by atoms with Crippen molar-refractivity contribution in [2.45, 2.75) is 0 Å². The summed E-state index contributed by atoms with van der Waals surface area (Å²) >= 11 is 0. The van der Waals surface area contributed by atoms with Gasteiger partial charge >= 0.3 is 0 Å². The molecule has 0 unspecified atom stereocenters. The van der Waals surface area contributed by atoms with E-state index in [2.05, 4.69) is 109 Å². The third-order valence-corrected chi connectivity index (χ3v) is 8.85. The number of fused-ring (bicyclic) bond motifs is 11. The van der Waals surface area contributed by atoms with Crippen LogP contribution < -0.4 is 0 Å². The van der Waals surface area contributed by atoms with E-state index in [1.165, 1.54) is 97.0 Å². The summed E-state index contributed by atoms with van der Waals surface area (Å²) in [6.45, 7) is 0. The zero-order valence-electron chi connectivity index (χ0n) is 19.4. The number of rotatable bonds is 0. The molecule has 0 radical (unpaired) electrons. The molecule has 0 fully saturated rings. The molecule has 0 spiro atoms. The number of hydrogen-bond donors (Lipinski definition) is 0. The molecule has 10 rings (SSSR count). The first-order chi connectivity index (χ1) is 17.9. The highest BCUT2D eigenvalue weighted by molar-refractivity contribution is 6.53. The Morgan fingerprint density at radius 3 is 1.00 bits per heavy atom. The quantitative estimate of drug-likeness (QED) is 0.159. The Morgan fingerprint density at radius 1 is 0.194 bits per heavy atom. The first-order valence-electron chi connectivity index (χ1n) is 12.7. The van der Waals surface area contributed by atoms with Gasteiger partial charge in [-0.05, 0) is 97.0 Å². The van der Waals surface area contributed by atoms with Crippen molar-refractivity contribution in [2.24, 2.45) is 0 Å². The third-order valence-electron chi connectivity index (χ3n) is 8.85. The maximum Gasteiger partial charge on any atom is -0.000696 e. The fourth-order valence-corrected chi connectivity index (χ4v) is 7.59. The third kappa shape index (κ3) is 1.77. The van der Waals surface area contributed by atoms with Gasteiger partial charge in [-0.1, -0.05) is 109 Å². The smallest absolute Gasteiger partial charge is 0.000696 e. The van der Waals surface area contributed by atoms with E-state index < -0.39 is 0 Å². The van der Waals surface area contributed by atoms with E-state index in [9.17, 15) is 0 Å². The minimum absolute atomic E-state index is 1.33. The molecule has 10 aromatic carbocycles. The lowest BCUT2D eigenvalue weighted by Gasteiger charge is -2.17. The topological polar surface area (TPSA) is 0 Å². The van der Waals surface area contributed by atoms with Crippen LogP contribution in [0.5, 0.6) is 0 Å². The van der Waals surface area contributed by atoms with Crippen LogP contribution in [-0.4, -0.2) is 0 Å². The average Bonchev–Trinajstić information content (AvgIpc) is 3.46. The molecule has 0 amide bonds. The first kappa shape index (κ1) is 17.7. The maximum atomic E-state index is 2.36. The van der Waals surface area contributed by atoms with Crippen LogP contribution in [0.3, 0.4) is 0 Å². The summed E-state index contributed by atoms with van der Waals surface area (Å²) in [5, 5.41) is 24.9. The van der Waals surface area contributed by atoms with Crippen molar-refractivity contribution in [1.29, 1.82) is 0 Å². The second kappa shape index (κ2) is 5.75. The Morgan fingerprint density at radius 2 is 0.528 bits per heavy atom. The van der Waals surface area contributed by atoms with E-state index >= 15 is 0 Å². The van der Waals surface area contributed by atoms with Crippen molar-refractivity contribution in [3.8, 4) is 0 Å². The molecule has 0 bridgehead atoms. The van der Waals surface area contributed by atoms with Gasteiger partial charge in [0.05, 0.1) is 0 Å². The van der Waals surface area contributed by atoms with Gasteiger partial charge in [-0.15, -0.1) is 0 Å². The molecular formula is C36H18. The van der Waals surface area contributed by atoms with Crippen molar-refractivity contribution < 1.29 is 0 Å². The van der Waals surface area contributed by atoms with Crippen LogP contribution in [-0.2, 0) is 0 Å². The summed E-state index contributed by atoms with van der Waals surface area (Å²) in [5.74, 6) is 0. The molecule has 0 aromatic heterocycles. The van der Waals surface area contributed by atoms with Gasteiger partial charge in [0, 0.05) is 0 Å². The minimum Gasteiger partial charge on any atom is -0.0616 e. The van der Waals surface area contributed by atoms with Crippen molar-refractivity contribution >= 4 is 97.0 Å². The van der Waals surface area contributed by atoms with Crippen LogP contribution in [0, 0.1) is 0 Å². The van der Waals surface area contributed by atoms with Crippen LogP contribution in [0.1, 0.15) is 0 Å². The Balaban J connectivity index is 1.75. The molecule has 0 aliphatic rings. The maximum absolute atomic E-state index is 2.36. The Kier molecular flexibility index (Phi) is 2.83. The second-order valence-electron chi connectivity index (χ2n) is 10.4. The SMILES string of the molecule is c1ccc2c(c1)c1ccc3cccc4c3c1c2c1c2cccc3ccc5c6ccccc6c(c5c32)c41. The molecule has 0 heterocycles. The zero-order valence-corrected chi connectivity index (χ0v) is 19.4. The fourth-order valence-electron chi connectivity index (χ4n) is 7.59. The van der Waals surface area contributed by atoms with E-state index in [0.29, 0.717) is 0 Å². The summed E-state index contributed by atoms with van der Waals surface area (Å²) in [7, 11) is 0. The lowest BCUT2D eigenvalue weighted by Crippen LogP contribution is -1.88. The van der Waals surface area contributed by atoms with Crippen LogP contribution in [0.4, 0.5) is 0 Å². The van der Waals surface area contributed by atoms with E-state index in [0.717, 1.165) is 0 Å². The van der Waals surface area contributed by atoms with Gasteiger partial charge in [0.2, 0.25) is 0 Å². The van der Waals surface area contributed by atoms with Gasteiger partial charge in [-0.2, -0.15) is 0 Å². The molecule has 36 heavy (non-hydrogen) atoms. The molecule has 0 aliphatic heterocycles. The summed E-state index contributed by atoms with van der Waals surface area (Å²) in [6, 6.07) is 41.1.